The van der Waals surface area contributed by atoms with Crippen molar-refractivity contribution < 1.29 is 14.6 Å². The van der Waals surface area contributed by atoms with Crippen LogP contribution in [-0.4, -0.2) is 53.7 Å². The normalized spacial score (nSPS) is 20.3. The van der Waals surface area contributed by atoms with Gasteiger partial charge >= 0.3 is 0 Å². The van der Waals surface area contributed by atoms with Crippen molar-refractivity contribution in [3.05, 3.63) is 59.4 Å². The molecule has 1 aromatic heterocycles. The number of pyridine rings is 1. The van der Waals surface area contributed by atoms with E-state index < -0.39 is 0 Å². The molecule has 0 aliphatic carbocycles. The fraction of sp³-hybridized carbons (Fsp3) is 0.429. The summed E-state index contributed by atoms with van der Waals surface area (Å²) in [5, 5.41) is 12.8. The van der Waals surface area contributed by atoms with Gasteiger partial charge in [-0.15, -0.1) is 0 Å². The van der Waals surface area contributed by atoms with Crippen LogP contribution in [0.1, 0.15) is 27.9 Å². The Morgan fingerprint density at radius 2 is 2.26 bits per heavy atom. The van der Waals surface area contributed by atoms with Gasteiger partial charge in [0.2, 0.25) is 0 Å². The molecule has 6 nitrogen and oxygen atoms in total. The molecule has 1 aliphatic rings. The summed E-state index contributed by atoms with van der Waals surface area (Å²) in [6, 6.07) is 9.62. The molecule has 1 aromatic carbocycles. The summed E-state index contributed by atoms with van der Waals surface area (Å²) in [5.41, 5.74) is 2.87. The number of hydrogen-bond donors (Lipinski definition) is 2. The van der Waals surface area contributed by atoms with Crippen LogP contribution >= 0.6 is 0 Å². The summed E-state index contributed by atoms with van der Waals surface area (Å²) < 4.78 is 5.33. The van der Waals surface area contributed by atoms with Gasteiger partial charge in [0.25, 0.3) is 5.91 Å². The van der Waals surface area contributed by atoms with E-state index in [9.17, 15) is 9.90 Å². The Morgan fingerprint density at radius 1 is 1.41 bits per heavy atom. The van der Waals surface area contributed by atoms with Crippen LogP contribution in [-0.2, 0) is 6.54 Å². The number of aryl methyl sites for hydroxylation is 1. The minimum absolute atomic E-state index is 0.0690. The standard InChI is InChI=1S/C21H27N3O3/c1-15-10-16(5-6-20(15)27-2)12-24-9-7-18(14-25)19(13-24)23-21(26)17-4-3-8-22-11-17/h3-6,8,10-11,18-19,25H,7,9,12-14H2,1-2H3,(H,23,26)/t18-,19-/m1/s1. The first-order valence-corrected chi connectivity index (χ1v) is 9.28. The lowest BCUT2D eigenvalue weighted by atomic mass is 9.91. The molecule has 1 amide bonds. The monoisotopic (exact) mass is 369 g/mol. The molecule has 1 saturated heterocycles. The average Bonchev–Trinajstić information content (AvgIpc) is 2.69. The number of methoxy groups -OCH3 is 1. The molecule has 0 unspecified atom stereocenters. The first-order chi connectivity index (χ1) is 13.1. The van der Waals surface area contributed by atoms with Gasteiger partial charge in [-0.05, 0) is 49.2 Å². The number of piperidine rings is 1. The quantitative estimate of drug-likeness (QED) is 0.815. The number of nitrogens with zero attached hydrogens (tertiary/aromatic N) is 2. The highest BCUT2D eigenvalue weighted by molar-refractivity contribution is 5.94. The molecular formula is C21H27N3O3. The van der Waals surface area contributed by atoms with Crippen molar-refractivity contribution in [1.29, 1.82) is 0 Å². The van der Waals surface area contributed by atoms with E-state index in [1.807, 2.05) is 13.0 Å². The smallest absolute Gasteiger partial charge is 0.253 e. The van der Waals surface area contributed by atoms with Crippen molar-refractivity contribution >= 4 is 5.91 Å². The third-order valence-corrected chi connectivity index (χ3v) is 5.18. The summed E-state index contributed by atoms with van der Waals surface area (Å²) in [5.74, 6) is 0.813. The molecule has 0 saturated carbocycles. The predicted octanol–water partition coefficient (Wildman–Crippen LogP) is 2.01. The maximum atomic E-state index is 12.5. The maximum absolute atomic E-state index is 12.5. The second-order valence-electron chi connectivity index (χ2n) is 7.09. The number of aliphatic hydroxyl groups excluding tert-OH is 1. The van der Waals surface area contributed by atoms with Gasteiger partial charge in [-0.2, -0.15) is 0 Å². The molecule has 0 spiro atoms. The van der Waals surface area contributed by atoms with Gasteiger partial charge in [-0.25, -0.2) is 0 Å². The van der Waals surface area contributed by atoms with Crippen molar-refractivity contribution in [2.24, 2.45) is 5.92 Å². The second-order valence-corrected chi connectivity index (χ2v) is 7.09. The number of ether oxygens (including phenoxy) is 1. The van der Waals surface area contributed by atoms with Crippen molar-refractivity contribution in [3.63, 3.8) is 0 Å². The van der Waals surface area contributed by atoms with E-state index in [4.69, 9.17) is 4.74 Å². The molecule has 1 aliphatic heterocycles. The SMILES string of the molecule is COc1ccc(CN2CC[C@H](CO)[C@H](NC(=O)c3cccnc3)C2)cc1C. The van der Waals surface area contributed by atoms with Crippen LogP contribution in [0, 0.1) is 12.8 Å². The highest BCUT2D eigenvalue weighted by Gasteiger charge is 2.30. The fourth-order valence-corrected chi connectivity index (χ4v) is 3.64. The zero-order valence-corrected chi connectivity index (χ0v) is 15.9. The van der Waals surface area contributed by atoms with Gasteiger partial charge in [0.1, 0.15) is 5.75 Å². The predicted molar refractivity (Wildman–Crippen MR) is 104 cm³/mol. The van der Waals surface area contributed by atoms with Crippen LogP contribution in [0.15, 0.2) is 42.7 Å². The Balaban J connectivity index is 1.65. The number of nitrogens with one attached hydrogen (secondary N) is 1. The van der Waals surface area contributed by atoms with Gasteiger partial charge in [0.05, 0.1) is 12.7 Å². The van der Waals surface area contributed by atoms with E-state index in [2.05, 4.69) is 27.3 Å². The largest absolute Gasteiger partial charge is 0.496 e. The minimum atomic E-state index is -0.145. The lowest BCUT2D eigenvalue weighted by Crippen LogP contribution is -2.53. The number of carbonyl (C=O) groups excluding carboxylic acids is 1. The molecule has 1 fully saturated rings. The van der Waals surface area contributed by atoms with Gasteiger partial charge in [-0.1, -0.05) is 12.1 Å². The van der Waals surface area contributed by atoms with Gasteiger partial charge < -0.3 is 15.2 Å². The third kappa shape index (κ3) is 4.84. The number of aliphatic hydroxyl groups is 1. The molecule has 6 heteroatoms. The Labute approximate surface area is 160 Å². The molecule has 2 aromatic rings. The Hall–Kier alpha value is -2.44. The van der Waals surface area contributed by atoms with Crippen LogP contribution in [0.4, 0.5) is 0 Å². The molecule has 3 rings (SSSR count). The van der Waals surface area contributed by atoms with Crippen LogP contribution in [0.3, 0.4) is 0 Å². The van der Waals surface area contributed by atoms with E-state index in [1.165, 1.54) is 5.56 Å². The first kappa shape index (κ1) is 19.3. The van der Waals surface area contributed by atoms with E-state index in [1.54, 1.807) is 31.6 Å². The van der Waals surface area contributed by atoms with Gasteiger partial charge in [-0.3, -0.25) is 14.7 Å². The Morgan fingerprint density at radius 3 is 2.93 bits per heavy atom. The molecular weight excluding hydrogens is 342 g/mol. The summed E-state index contributed by atoms with van der Waals surface area (Å²) in [6.45, 7) is 4.53. The van der Waals surface area contributed by atoms with Crippen molar-refractivity contribution in [2.75, 3.05) is 26.8 Å². The van der Waals surface area contributed by atoms with Crippen molar-refractivity contribution in [1.82, 2.24) is 15.2 Å². The van der Waals surface area contributed by atoms with E-state index in [0.29, 0.717) is 12.1 Å². The lowest BCUT2D eigenvalue weighted by molar-refractivity contribution is 0.0730. The molecule has 2 N–H and O–H groups in total. The van der Waals surface area contributed by atoms with E-state index in [0.717, 1.165) is 30.8 Å². The van der Waals surface area contributed by atoms with Crippen molar-refractivity contribution in [2.45, 2.75) is 25.9 Å². The second kappa shape index (κ2) is 8.97. The zero-order chi connectivity index (χ0) is 19.2. The zero-order valence-electron chi connectivity index (χ0n) is 15.9. The van der Waals surface area contributed by atoms with Crippen LogP contribution in [0.25, 0.3) is 0 Å². The molecule has 2 atom stereocenters. The Bertz CT molecular complexity index is 767. The summed E-state index contributed by atoms with van der Waals surface area (Å²) in [4.78, 5) is 18.8. The van der Waals surface area contributed by atoms with Crippen LogP contribution in [0.5, 0.6) is 5.75 Å². The topological polar surface area (TPSA) is 74.7 Å². The maximum Gasteiger partial charge on any atom is 0.253 e. The van der Waals surface area contributed by atoms with Gasteiger partial charge in [0.15, 0.2) is 0 Å². The third-order valence-electron chi connectivity index (χ3n) is 5.18. The highest BCUT2D eigenvalue weighted by Crippen LogP contribution is 2.23. The number of carbonyl (C=O) groups is 1. The van der Waals surface area contributed by atoms with E-state index >= 15 is 0 Å². The fourth-order valence-electron chi connectivity index (χ4n) is 3.64. The molecule has 0 radical (unpaired) electrons. The van der Waals surface area contributed by atoms with Crippen LogP contribution in [0.2, 0.25) is 0 Å². The number of amides is 1. The average molecular weight is 369 g/mol. The molecule has 2 heterocycles. The number of benzene rings is 1. The first-order valence-electron chi connectivity index (χ1n) is 9.28. The summed E-state index contributed by atoms with van der Waals surface area (Å²) in [7, 11) is 1.68. The number of likely N-dealkylation sites (tertiary alicyclic amines) is 1. The lowest BCUT2D eigenvalue weighted by Gasteiger charge is -2.38. The Kier molecular flexibility index (Phi) is 6.42. The minimum Gasteiger partial charge on any atom is -0.496 e. The van der Waals surface area contributed by atoms with Gasteiger partial charge in [0, 0.05) is 44.0 Å². The number of rotatable bonds is 6. The summed E-state index contributed by atoms with van der Waals surface area (Å²) in [6.07, 6.45) is 4.06. The van der Waals surface area contributed by atoms with E-state index in [-0.39, 0.29) is 24.5 Å². The number of aromatic nitrogens is 1. The van der Waals surface area contributed by atoms with Crippen LogP contribution < -0.4 is 10.1 Å². The molecule has 27 heavy (non-hydrogen) atoms. The highest BCUT2D eigenvalue weighted by atomic mass is 16.5. The number of hydrogen-bond acceptors (Lipinski definition) is 5. The molecule has 0 bridgehead atoms. The summed E-state index contributed by atoms with van der Waals surface area (Å²) >= 11 is 0. The molecule has 144 valence electrons. The van der Waals surface area contributed by atoms with Crippen molar-refractivity contribution in [3.8, 4) is 5.75 Å².